The number of methoxy groups -OCH3 is 1. The summed E-state index contributed by atoms with van der Waals surface area (Å²) in [5, 5.41) is 24.9. The van der Waals surface area contributed by atoms with Gasteiger partial charge in [-0.05, 0) is 0 Å². The largest absolute Gasteiger partial charge is 1.00 e. The van der Waals surface area contributed by atoms with Gasteiger partial charge in [-0.1, -0.05) is 0 Å². The van der Waals surface area contributed by atoms with E-state index in [1.165, 1.54) is 15.4 Å². The molecule has 0 fully saturated rings. The third-order valence-corrected chi connectivity index (χ3v) is 14.4. The minimum absolute atomic E-state index is 0. The summed E-state index contributed by atoms with van der Waals surface area (Å²) >= 11 is -1.45. The zero-order chi connectivity index (χ0) is 17.0. The third kappa shape index (κ3) is 19.4. The van der Waals surface area contributed by atoms with E-state index in [9.17, 15) is 29.4 Å². The van der Waals surface area contributed by atoms with Crippen molar-refractivity contribution >= 4 is 32.1 Å². The number of urea groups is 1. The normalized spacial score (nSPS) is 10.2. The average molecular weight is 567 g/mol. The maximum absolute atomic E-state index is 11.4. The molecule has 3 amide bonds. The maximum atomic E-state index is 11.4. The van der Waals surface area contributed by atoms with Crippen molar-refractivity contribution in [1.82, 2.24) is 10.6 Å². The molecule has 0 aromatic rings. The molecule has 1 atom stereocenters. The van der Waals surface area contributed by atoms with E-state index in [1.807, 2.05) is 5.32 Å². The smallest absolute Gasteiger partial charge is 1.00 e. The van der Waals surface area contributed by atoms with Crippen LogP contribution in [0.3, 0.4) is 0 Å². The van der Waals surface area contributed by atoms with Crippen LogP contribution in [0, 0.1) is 0 Å². The Kier molecular flexibility index (Phi) is 23.5. The number of carbonyl (C=O) groups excluding carboxylic acids is 4. The minimum atomic E-state index is -1.45. The van der Waals surface area contributed by atoms with E-state index in [0.717, 1.165) is 3.93 Å². The van der Waals surface area contributed by atoms with Crippen molar-refractivity contribution in [1.29, 1.82) is 0 Å². The van der Waals surface area contributed by atoms with Crippen LogP contribution >= 0.6 is 8.24 Å². The van der Waals surface area contributed by atoms with Crippen molar-refractivity contribution in [2.24, 2.45) is 0 Å². The van der Waals surface area contributed by atoms with E-state index in [2.05, 4.69) is 5.32 Å². The molecule has 0 aliphatic carbocycles. The summed E-state index contributed by atoms with van der Waals surface area (Å²) in [7, 11) is 2.87. The number of rotatable bonds is 11. The topological polar surface area (TPSA) is 148 Å². The Hall–Kier alpha value is 1.13. The average Bonchev–Trinajstić information content (AvgIpc) is 2.44. The number of amides is 3. The second-order valence-electron chi connectivity index (χ2n) is 4.20. The van der Waals surface area contributed by atoms with E-state index in [4.69, 9.17) is 4.74 Å². The maximum Gasteiger partial charge on any atom is 1.00 e. The SMILES string of the molecule is COC(CNC(=O)NC(=O)CCC(=O)[O-])[CH2][Hg][S]CC(=O)[O-].[Na+].[Na+]. The van der Waals surface area contributed by atoms with Crippen molar-refractivity contribution in [3.63, 3.8) is 0 Å². The fourth-order valence-corrected chi connectivity index (χ4v) is 12.4. The molecular weight excluding hydrogens is 551 g/mol. The number of aliphatic carboxylic acids is 2. The van der Waals surface area contributed by atoms with Crippen molar-refractivity contribution in [2.45, 2.75) is 22.9 Å². The second kappa shape index (κ2) is 18.9. The van der Waals surface area contributed by atoms with Crippen molar-refractivity contribution in [3.8, 4) is 0 Å². The van der Waals surface area contributed by atoms with Crippen molar-refractivity contribution in [2.75, 3.05) is 19.4 Å². The van der Waals surface area contributed by atoms with Gasteiger partial charge in [0, 0.05) is 0 Å². The molecule has 24 heavy (non-hydrogen) atoms. The van der Waals surface area contributed by atoms with Gasteiger partial charge in [-0.3, -0.25) is 0 Å². The number of imide groups is 1. The Bertz CT molecular complexity index is 418. The first-order valence-corrected chi connectivity index (χ1v) is 18.2. The predicted molar refractivity (Wildman–Crippen MR) is 68.9 cm³/mol. The molecule has 122 valence electrons. The van der Waals surface area contributed by atoms with Gasteiger partial charge < -0.3 is 0 Å². The van der Waals surface area contributed by atoms with Gasteiger partial charge in [0.15, 0.2) is 0 Å². The van der Waals surface area contributed by atoms with Crippen LogP contribution in [0.5, 0.6) is 0 Å². The summed E-state index contributed by atoms with van der Waals surface area (Å²) in [6.07, 6.45) is -1.02. The molecule has 0 spiro atoms. The fourth-order valence-electron chi connectivity index (χ4n) is 1.33. The van der Waals surface area contributed by atoms with Crippen molar-refractivity contribution < 1.29 is 116 Å². The first-order chi connectivity index (χ1) is 10.3. The minimum Gasteiger partial charge on any atom is 1.00 e. The number of carboxylic acid groups (broad SMARTS) is 2. The number of hydrogen-bond acceptors (Lipinski definition) is 8. The second-order valence-corrected chi connectivity index (χ2v) is 17.1. The van der Waals surface area contributed by atoms with Crippen LogP contribution in [0.15, 0.2) is 0 Å². The summed E-state index contributed by atoms with van der Waals surface area (Å²) < 4.78 is 5.89. The molecule has 2 N–H and O–H groups in total. The molecule has 0 saturated carbocycles. The zero-order valence-corrected chi connectivity index (χ0v) is 24.4. The Morgan fingerprint density at radius 3 is 2.25 bits per heavy atom. The molecule has 0 rings (SSSR count). The Morgan fingerprint density at radius 2 is 1.75 bits per heavy atom. The van der Waals surface area contributed by atoms with E-state index >= 15 is 0 Å². The first kappa shape index (κ1) is 29.9. The number of carbonyl (C=O) groups is 4. The zero-order valence-electron chi connectivity index (χ0n) is 14.1. The van der Waals surface area contributed by atoms with Gasteiger partial charge in [-0.25, -0.2) is 0 Å². The fraction of sp³-hybridized carbons (Fsp3) is 0.636. The van der Waals surface area contributed by atoms with Gasteiger partial charge in [0.05, 0.1) is 0 Å². The van der Waals surface area contributed by atoms with Crippen LogP contribution < -0.4 is 80.0 Å². The van der Waals surface area contributed by atoms with Crippen LogP contribution in [0.25, 0.3) is 0 Å². The third-order valence-electron chi connectivity index (χ3n) is 2.44. The van der Waals surface area contributed by atoms with E-state index < -0.39 is 53.4 Å². The molecule has 0 aromatic carbocycles. The van der Waals surface area contributed by atoms with Gasteiger partial charge in [0.25, 0.3) is 0 Å². The van der Waals surface area contributed by atoms with Gasteiger partial charge in [0.2, 0.25) is 0 Å². The summed E-state index contributed by atoms with van der Waals surface area (Å²) in [5.41, 5.74) is 0. The number of ether oxygens (including phenoxy) is 1. The Morgan fingerprint density at radius 1 is 1.12 bits per heavy atom. The first-order valence-electron chi connectivity index (χ1n) is 6.43. The van der Waals surface area contributed by atoms with Crippen LogP contribution in [0.4, 0.5) is 4.79 Å². The summed E-state index contributed by atoms with van der Waals surface area (Å²) in [5.74, 6) is -3.18. The van der Waals surface area contributed by atoms with Gasteiger partial charge >= 0.3 is 201 Å². The standard InChI is InChI=1S/C9H15N2O5.C2H4O2S.Hg.2Na/c1-6(16-2)5-10-9(15)11-7(12)3-4-8(13)14;3-2(4)1-5;;;/h6H,1,3-5H2,2H3,(H,13,14)(H2,10,11,12,15);5H,1H2,(H,3,4);;;/q;;3*+1/p-3. The Labute approximate surface area is 198 Å². The molecular formula is C11H16HgN2Na2O7S. The van der Waals surface area contributed by atoms with Crippen LogP contribution in [0.2, 0.25) is 3.93 Å². The number of carboxylic acids is 2. The van der Waals surface area contributed by atoms with Crippen LogP contribution in [-0.2, 0) is 42.2 Å². The summed E-state index contributed by atoms with van der Waals surface area (Å²) in [4.78, 5) is 43.0. The van der Waals surface area contributed by atoms with E-state index in [0.29, 0.717) is 0 Å². The molecule has 1 unspecified atom stereocenters. The van der Waals surface area contributed by atoms with Gasteiger partial charge in [0.1, 0.15) is 0 Å². The summed E-state index contributed by atoms with van der Waals surface area (Å²) in [6.45, 7) is 0.183. The van der Waals surface area contributed by atoms with Crippen molar-refractivity contribution in [3.05, 3.63) is 0 Å². The Balaban J connectivity index is -0.00000220. The van der Waals surface area contributed by atoms with E-state index in [-0.39, 0.29) is 83.9 Å². The summed E-state index contributed by atoms with van der Waals surface area (Å²) in [6, 6.07) is -0.732. The monoisotopic (exact) mass is 568 g/mol. The predicted octanol–water partition coefficient (Wildman–Crippen LogP) is -8.74. The molecule has 9 nitrogen and oxygen atoms in total. The van der Waals surface area contributed by atoms with E-state index in [1.54, 1.807) is 0 Å². The number of hydrogen-bond donors (Lipinski definition) is 2. The van der Waals surface area contributed by atoms with Gasteiger partial charge in [-0.15, -0.1) is 0 Å². The molecule has 0 bridgehead atoms. The van der Waals surface area contributed by atoms with Gasteiger partial charge in [-0.2, -0.15) is 0 Å². The quantitative estimate of drug-likeness (QED) is 0.185. The molecule has 0 aliphatic rings. The molecule has 0 aliphatic heterocycles. The molecule has 0 aromatic heterocycles. The number of nitrogens with one attached hydrogen (secondary N) is 2. The molecule has 13 heteroatoms. The molecule has 0 heterocycles. The molecule has 0 radical (unpaired) electrons. The van der Waals surface area contributed by atoms with Crippen LogP contribution in [0.1, 0.15) is 12.8 Å². The molecule has 0 saturated heterocycles. The van der Waals surface area contributed by atoms with Crippen LogP contribution in [-0.4, -0.2) is 49.4 Å².